The van der Waals surface area contributed by atoms with Crippen LogP contribution in [0.5, 0.6) is 5.75 Å². The van der Waals surface area contributed by atoms with E-state index in [0.29, 0.717) is 5.52 Å². The van der Waals surface area contributed by atoms with E-state index in [1.807, 2.05) is 48.7 Å². The molecule has 0 aliphatic carbocycles. The lowest BCUT2D eigenvalue weighted by Gasteiger charge is -2.39. The first-order valence-electron chi connectivity index (χ1n) is 10.8. The average Bonchev–Trinajstić information content (AvgIpc) is 2.83. The summed E-state index contributed by atoms with van der Waals surface area (Å²) in [6.45, 7) is 4.74. The summed E-state index contributed by atoms with van der Waals surface area (Å²) in [5, 5.41) is 12.1. The van der Waals surface area contributed by atoms with Crippen molar-refractivity contribution in [3.05, 3.63) is 102 Å². The van der Waals surface area contributed by atoms with Crippen LogP contribution in [0.1, 0.15) is 22.9 Å². The maximum atomic E-state index is 11.1. The van der Waals surface area contributed by atoms with Crippen LogP contribution >= 0.6 is 0 Å². The number of nitrogens with zero attached hydrogens (tertiary/aromatic N) is 4. The highest BCUT2D eigenvalue weighted by Crippen LogP contribution is 2.37. The second-order valence-electron chi connectivity index (χ2n) is 8.03. The lowest BCUT2D eigenvalue weighted by molar-refractivity contribution is 0.102. The number of piperazine rings is 1. The highest BCUT2D eigenvalue weighted by molar-refractivity contribution is 5.85. The molecule has 5 nitrogen and oxygen atoms in total. The van der Waals surface area contributed by atoms with Gasteiger partial charge in [0.15, 0.2) is 0 Å². The van der Waals surface area contributed by atoms with Gasteiger partial charge in [-0.25, -0.2) is 0 Å². The molecule has 5 rings (SSSR count). The lowest BCUT2D eigenvalue weighted by atomic mass is 9.97. The fourth-order valence-electron chi connectivity index (χ4n) is 4.47. The molecule has 1 aliphatic heterocycles. The Morgan fingerprint density at radius 2 is 1.55 bits per heavy atom. The zero-order valence-electron chi connectivity index (χ0n) is 17.4. The first-order valence-corrected chi connectivity index (χ1v) is 10.8. The highest BCUT2D eigenvalue weighted by atomic mass is 16.3. The summed E-state index contributed by atoms with van der Waals surface area (Å²) in [6, 6.07) is 24.4. The van der Waals surface area contributed by atoms with E-state index < -0.39 is 0 Å². The van der Waals surface area contributed by atoms with Crippen LogP contribution in [-0.4, -0.2) is 51.1 Å². The molecule has 0 saturated carbocycles. The standard InChI is InChI=1S/C26H26N4O/c31-26-22(12-11-21-9-6-14-28-24(21)26)25(23-10-4-5-13-27-23)30-17-15-29(16-18-30)19-20-7-2-1-3-8-20/h1-14,25,31H,15-19H2. The van der Waals surface area contributed by atoms with E-state index in [9.17, 15) is 5.11 Å². The molecule has 5 heteroatoms. The van der Waals surface area contributed by atoms with Crippen molar-refractivity contribution >= 4 is 10.9 Å². The molecule has 2 aromatic carbocycles. The van der Waals surface area contributed by atoms with Crippen molar-refractivity contribution in [2.45, 2.75) is 12.6 Å². The number of aromatic nitrogens is 2. The number of hydrogen-bond acceptors (Lipinski definition) is 5. The molecule has 1 atom stereocenters. The van der Waals surface area contributed by atoms with Crippen LogP contribution in [0.4, 0.5) is 0 Å². The topological polar surface area (TPSA) is 52.5 Å². The molecule has 31 heavy (non-hydrogen) atoms. The van der Waals surface area contributed by atoms with E-state index in [2.05, 4.69) is 50.1 Å². The molecule has 1 fully saturated rings. The third-order valence-corrected chi connectivity index (χ3v) is 6.06. The van der Waals surface area contributed by atoms with Crippen molar-refractivity contribution in [1.29, 1.82) is 0 Å². The minimum Gasteiger partial charge on any atom is -0.505 e. The van der Waals surface area contributed by atoms with E-state index >= 15 is 0 Å². The lowest BCUT2D eigenvalue weighted by Crippen LogP contribution is -2.47. The number of phenolic OH excluding ortho intramolecular Hbond substituents is 1. The van der Waals surface area contributed by atoms with E-state index in [0.717, 1.165) is 49.4 Å². The van der Waals surface area contributed by atoms with E-state index in [4.69, 9.17) is 0 Å². The van der Waals surface area contributed by atoms with Crippen LogP contribution in [0.25, 0.3) is 10.9 Å². The number of hydrogen-bond donors (Lipinski definition) is 1. The smallest absolute Gasteiger partial charge is 0.146 e. The van der Waals surface area contributed by atoms with Gasteiger partial charge in [0.2, 0.25) is 0 Å². The number of fused-ring (bicyclic) bond motifs is 1. The van der Waals surface area contributed by atoms with Gasteiger partial charge in [-0.15, -0.1) is 0 Å². The maximum Gasteiger partial charge on any atom is 0.146 e. The summed E-state index contributed by atoms with van der Waals surface area (Å²) in [6.07, 6.45) is 3.55. The van der Waals surface area contributed by atoms with E-state index in [-0.39, 0.29) is 11.8 Å². The summed E-state index contributed by atoms with van der Waals surface area (Å²) in [5.41, 5.74) is 3.80. The molecule has 1 aliphatic rings. The largest absolute Gasteiger partial charge is 0.505 e. The van der Waals surface area contributed by atoms with Crippen molar-refractivity contribution in [2.75, 3.05) is 26.2 Å². The quantitative estimate of drug-likeness (QED) is 0.533. The molecule has 1 saturated heterocycles. The molecule has 2 aromatic heterocycles. The number of phenols is 1. The van der Waals surface area contributed by atoms with E-state index in [1.54, 1.807) is 6.20 Å². The van der Waals surface area contributed by atoms with Gasteiger partial charge in [0.05, 0.1) is 11.7 Å². The minimum absolute atomic E-state index is 0.105. The van der Waals surface area contributed by atoms with Crippen LogP contribution in [0, 0.1) is 0 Å². The van der Waals surface area contributed by atoms with Gasteiger partial charge in [-0.3, -0.25) is 19.8 Å². The number of rotatable bonds is 5. The zero-order valence-corrected chi connectivity index (χ0v) is 17.4. The normalized spacial score (nSPS) is 16.4. The van der Waals surface area contributed by atoms with Gasteiger partial charge in [-0.05, 0) is 23.8 Å². The van der Waals surface area contributed by atoms with Crippen molar-refractivity contribution in [2.24, 2.45) is 0 Å². The Labute approximate surface area is 182 Å². The Bertz CT molecular complexity index is 1140. The summed E-state index contributed by atoms with van der Waals surface area (Å²) >= 11 is 0. The van der Waals surface area contributed by atoms with Crippen molar-refractivity contribution in [1.82, 2.24) is 19.8 Å². The molecule has 1 unspecified atom stereocenters. The van der Waals surface area contributed by atoms with Crippen LogP contribution in [0.3, 0.4) is 0 Å². The zero-order chi connectivity index (χ0) is 21.0. The summed E-state index contributed by atoms with van der Waals surface area (Å²) < 4.78 is 0. The van der Waals surface area contributed by atoms with Crippen LogP contribution in [0.15, 0.2) is 85.2 Å². The monoisotopic (exact) mass is 410 g/mol. The van der Waals surface area contributed by atoms with Gasteiger partial charge in [-0.2, -0.15) is 0 Å². The first-order chi connectivity index (χ1) is 15.3. The second-order valence-corrected chi connectivity index (χ2v) is 8.03. The molecule has 4 aromatic rings. The molecule has 156 valence electrons. The second kappa shape index (κ2) is 8.84. The molecule has 0 amide bonds. The third kappa shape index (κ3) is 4.15. The van der Waals surface area contributed by atoms with Gasteiger partial charge in [-0.1, -0.05) is 54.6 Å². The van der Waals surface area contributed by atoms with Crippen molar-refractivity contribution in [3.8, 4) is 5.75 Å². The predicted octanol–water partition coefficient (Wildman–Crippen LogP) is 4.24. The van der Waals surface area contributed by atoms with Gasteiger partial charge in [0.1, 0.15) is 11.3 Å². The van der Waals surface area contributed by atoms with Crippen molar-refractivity contribution < 1.29 is 5.11 Å². The number of pyridine rings is 2. The molecular formula is C26H26N4O. The SMILES string of the molecule is Oc1c(C(c2ccccn2)N2CCN(Cc3ccccc3)CC2)ccc2cccnc12. The Morgan fingerprint density at radius 1 is 0.774 bits per heavy atom. The van der Waals surface area contributed by atoms with Crippen LogP contribution in [0.2, 0.25) is 0 Å². The minimum atomic E-state index is -0.105. The molecule has 1 N–H and O–H groups in total. The number of benzene rings is 2. The Hall–Kier alpha value is -3.28. The van der Waals surface area contributed by atoms with Gasteiger partial charge in [0, 0.05) is 56.1 Å². The Morgan fingerprint density at radius 3 is 2.32 bits per heavy atom. The van der Waals surface area contributed by atoms with Gasteiger partial charge in [0.25, 0.3) is 0 Å². The third-order valence-electron chi connectivity index (χ3n) is 6.06. The average molecular weight is 411 g/mol. The predicted molar refractivity (Wildman–Crippen MR) is 123 cm³/mol. The summed E-state index contributed by atoms with van der Waals surface area (Å²) in [7, 11) is 0. The molecule has 3 heterocycles. The summed E-state index contributed by atoms with van der Waals surface area (Å²) in [4.78, 5) is 14.0. The first kappa shape index (κ1) is 19.7. The molecule has 0 spiro atoms. The fourth-order valence-corrected chi connectivity index (χ4v) is 4.47. The Balaban J connectivity index is 1.43. The molecular weight excluding hydrogens is 384 g/mol. The van der Waals surface area contributed by atoms with E-state index in [1.165, 1.54) is 5.56 Å². The summed E-state index contributed by atoms with van der Waals surface area (Å²) in [5.74, 6) is 0.250. The van der Waals surface area contributed by atoms with Crippen LogP contribution in [-0.2, 0) is 6.54 Å². The number of aromatic hydroxyl groups is 1. The Kier molecular flexibility index (Phi) is 5.61. The fraction of sp³-hybridized carbons (Fsp3) is 0.231. The van der Waals surface area contributed by atoms with Crippen molar-refractivity contribution in [3.63, 3.8) is 0 Å². The molecule has 0 bridgehead atoms. The molecule has 0 radical (unpaired) electrons. The van der Waals surface area contributed by atoms with Gasteiger partial charge < -0.3 is 5.11 Å². The van der Waals surface area contributed by atoms with Crippen LogP contribution < -0.4 is 0 Å². The maximum absolute atomic E-state index is 11.1. The highest BCUT2D eigenvalue weighted by Gasteiger charge is 2.29. The van der Waals surface area contributed by atoms with Gasteiger partial charge >= 0.3 is 0 Å².